The number of rotatable bonds is 7. The molecule has 1 aromatic carbocycles. The third-order valence-electron chi connectivity index (χ3n) is 4.51. The standard InChI is InChI=1S/C20H21F6N3O2S/c1-4-5-6-29(10-16(30)28-18-27-11(2)12(3)32-18)17(31)13-7-14(19(21,22)23)9-15(8-13)20(24,25)26/h7-9H,4-6,10H2,1-3H3,(H,27,28,30). The SMILES string of the molecule is CCCCN(CC(=O)Nc1nc(C)c(C)s1)C(=O)c1cc(C(F)(F)F)cc(C(F)(F)F)c1. The Morgan fingerprint density at radius 3 is 2.03 bits per heavy atom. The third kappa shape index (κ3) is 6.68. The molecule has 12 heteroatoms. The molecule has 0 saturated carbocycles. The number of anilines is 1. The molecule has 0 radical (unpaired) electrons. The van der Waals surface area contributed by atoms with Gasteiger partial charge in [-0.1, -0.05) is 13.3 Å². The molecule has 2 aromatic rings. The number of nitrogens with one attached hydrogen (secondary N) is 1. The average molecular weight is 481 g/mol. The van der Waals surface area contributed by atoms with Crippen LogP contribution in [-0.4, -0.2) is 34.8 Å². The molecule has 176 valence electrons. The lowest BCUT2D eigenvalue weighted by Gasteiger charge is -2.23. The van der Waals surface area contributed by atoms with Crippen molar-refractivity contribution in [3.05, 3.63) is 45.5 Å². The Morgan fingerprint density at radius 1 is 1.03 bits per heavy atom. The van der Waals surface area contributed by atoms with Gasteiger partial charge in [-0.25, -0.2) is 4.98 Å². The predicted molar refractivity (Wildman–Crippen MR) is 107 cm³/mol. The Kier molecular flexibility index (Phi) is 7.92. The maximum absolute atomic E-state index is 13.1. The monoisotopic (exact) mass is 481 g/mol. The number of amides is 2. The minimum Gasteiger partial charge on any atom is -0.329 e. The highest BCUT2D eigenvalue weighted by Crippen LogP contribution is 2.36. The third-order valence-corrected chi connectivity index (χ3v) is 5.50. The van der Waals surface area contributed by atoms with E-state index in [1.807, 2.05) is 0 Å². The second-order valence-electron chi connectivity index (χ2n) is 7.08. The first-order valence-corrected chi connectivity index (χ1v) is 10.4. The number of hydrogen-bond acceptors (Lipinski definition) is 4. The maximum atomic E-state index is 13.1. The highest BCUT2D eigenvalue weighted by Gasteiger charge is 2.38. The van der Waals surface area contributed by atoms with Gasteiger partial charge in [0.05, 0.1) is 16.8 Å². The van der Waals surface area contributed by atoms with E-state index in [0.717, 1.165) is 9.78 Å². The summed E-state index contributed by atoms with van der Waals surface area (Å²) in [7, 11) is 0. The molecule has 0 atom stereocenters. The normalized spacial score (nSPS) is 12.0. The van der Waals surface area contributed by atoms with Crippen LogP contribution in [-0.2, 0) is 17.1 Å². The summed E-state index contributed by atoms with van der Waals surface area (Å²) in [6.45, 7) is 4.76. The zero-order valence-corrected chi connectivity index (χ0v) is 18.3. The molecule has 2 amide bonds. The average Bonchev–Trinajstić information content (AvgIpc) is 2.99. The number of alkyl halides is 6. The second-order valence-corrected chi connectivity index (χ2v) is 8.29. The molecule has 2 rings (SSSR count). The minimum atomic E-state index is -5.08. The van der Waals surface area contributed by atoms with Gasteiger partial charge in [-0.05, 0) is 38.5 Å². The van der Waals surface area contributed by atoms with Gasteiger partial charge in [-0.15, -0.1) is 11.3 Å². The molecule has 0 fully saturated rings. The van der Waals surface area contributed by atoms with E-state index in [9.17, 15) is 35.9 Å². The fourth-order valence-corrected chi connectivity index (χ4v) is 3.55. The van der Waals surface area contributed by atoms with Crippen molar-refractivity contribution in [1.82, 2.24) is 9.88 Å². The van der Waals surface area contributed by atoms with Crippen molar-refractivity contribution < 1.29 is 35.9 Å². The van der Waals surface area contributed by atoms with Crippen LogP contribution in [0.25, 0.3) is 0 Å². The van der Waals surface area contributed by atoms with Crippen LogP contribution in [0.1, 0.15) is 51.8 Å². The van der Waals surface area contributed by atoms with Crippen LogP contribution in [0.3, 0.4) is 0 Å². The molecule has 0 spiro atoms. The van der Waals surface area contributed by atoms with Crippen molar-refractivity contribution >= 4 is 28.3 Å². The van der Waals surface area contributed by atoms with Gasteiger partial charge in [0.15, 0.2) is 5.13 Å². The van der Waals surface area contributed by atoms with Gasteiger partial charge in [-0.2, -0.15) is 26.3 Å². The van der Waals surface area contributed by atoms with Crippen LogP contribution in [0.5, 0.6) is 0 Å². The minimum absolute atomic E-state index is 0.0176. The Hall–Kier alpha value is -2.63. The van der Waals surface area contributed by atoms with Crippen molar-refractivity contribution in [2.24, 2.45) is 0 Å². The number of halogens is 6. The van der Waals surface area contributed by atoms with Gasteiger partial charge in [0.2, 0.25) is 5.91 Å². The molecule has 0 aliphatic carbocycles. The lowest BCUT2D eigenvalue weighted by Crippen LogP contribution is -2.39. The first-order valence-electron chi connectivity index (χ1n) is 9.55. The Labute approximate surface area is 184 Å². The van der Waals surface area contributed by atoms with E-state index in [1.165, 1.54) is 11.3 Å². The van der Waals surface area contributed by atoms with Crippen LogP contribution in [0, 0.1) is 13.8 Å². The van der Waals surface area contributed by atoms with Crippen molar-refractivity contribution in [1.29, 1.82) is 0 Å². The summed E-state index contributed by atoms with van der Waals surface area (Å²) in [6.07, 6.45) is -9.17. The number of carbonyl (C=O) groups excluding carboxylic acids is 2. The van der Waals surface area contributed by atoms with E-state index in [1.54, 1.807) is 20.8 Å². The molecule has 5 nitrogen and oxygen atoms in total. The Bertz CT molecular complexity index is 933. The Morgan fingerprint density at radius 2 is 1.59 bits per heavy atom. The van der Waals surface area contributed by atoms with Gasteiger partial charge in [-0.3, -0.25) is 9.59 Å². The molecule has 1 aromatic heterocycles. The van der Waals surface area contributed by atoms with E-state index in [-0.39, 0.29) is 17.7 Å². The molecule has 1 heterocycles. The van der Waals surface area contributed by atoms with Crippen molar-refractivity contribution in [3.8, 4) is 0 Å². The largest absolute Gasteiger partial charge is 0.416 e. The van der Waals surface area contributed by atoms with Gasteiger partial charge in [0, 0.05) is 17.0 Å². The molecule has 32 heavy (non-hydrogen) atoms. The van der Waals surface area contributed by atoms with E-state index >= 15 is 0 Å². The lowest BCUT2D eigenvalue weighted by molar-refractivity contribution is -0.143. The van der Waals surface area contributed by atoms with Crippen LogP contribution in [0.15, 0.2) is 18.2 Å². The number of aromatic nitrogens is 1. The maximum Gasteiger partial charge on any atom is 0.416 e. The fourth-order valence-electron chi connectivity index (χ4n) is 2.72. The topological polar surface area (TPSA) is 62.3 Å². The van der Waals surface area contributed by atoms with Crippen molar-refractivity contribution in [2.75, 3.05) is 18.4 Å². The molecule has 0 bridgehead atoms. The molecule has 0 aliphatic rings. The number of unbranched alkanes of at least 4 members (excludes halogenated alkanes) is 1. The van der Waals surface area contributed by atoms with Gasteiger partial charge in [0.1, 0.15) is 6.54 Å². The predicted octanol–water partition coefficient (Wildman–Crippen LogP) is 5.68. The van der Waals surface area contributed by atoms with Crippen LogP contribution in [0.4, 0.5) is 31.5 Å². The molecule has 0 unspecified atom stereocenters. The zero-order valence-electron chi connectivity index (χ0n) is 17.4. The van der Waals surface area contributed by atoms with E-state index in [4.69, 9.17) is 0 Å². The number of thiazole rings is 1. The number of benzene rings is 1. The molecular weight excluding hydrogens is 460 g/mol. The highest BCUT2D eigenvalue weighted by atomic mass is 32.1. The van der Waals surface area contributed by atoms with E-state index in [0.29, 0.717) is 30.7 Å². The zero-order chi connectivity index (χ0) is 24.3. The van der Waals surface area contributed by atoms with Gasteiger partial charge >= 0.3 is 12.4 Å². The summed E-state index contributed by atoms with van der Waals surface area (Å²) in [5.74, 6) is -1.76. The van der Waals surface area contributed by atoms with Gasteiger partial charge in [0.25, 0.3) is 5.91 Å². The summed E-state index contributed by atoms with van der Waals surface area (Å²) in [5.41, 5.74) is -3.28. The quantitative estimate of drug-likeness (QED) is 0.518. The van der Waals surface area contributed by atoms with Crippen LogP contribution >= 0.6 is 11.3 Å². The molecule has 0 aliphatic heterocycles. The van der Waals surface area contributed by atoms with Crippen LogP contribution in [0.2, 0.25) is 0 Å². The first-order chi connectivity index (χ1) is 14.7. The first kappa shape index (κ1) is 25.6. The number of carbonyl (C=O) groups is 2. The van der Waals surface area contributed by atoms with Crippen molar-refractivity contribution in [2.45, 2.75) is 46.0 Å². The Balaban J connectivity index is 2.34. The summed E-state index contributed by atoms with van der Waals surface area (Å²) in [5, 5.41) is 2.79. The fraction of sp³-hybridized carbons (Fsp3) is 0.450. The summed E-state index contributed by atoms with van der Waals surface area (Å²) in [6, 6.07) is 0.678. The lowest BCUT2D eigenvalue weighted by atomic mass is 10.0. The van der Waals surface area contributed by atoms with Crippen molar-refractivity contribution in [3.63, 3.8) is 0 Å². The van der Waals surface area contributed by atoms with E-state index < -0.39 is 47.4 Å². The molecule has 0 saturated heterocycles. The summed E-state index contributed by atoms with van der Waals surface area (Å²) >= 11 is 1.21. The number of nitrogens with zero attached hydrogens (tertiary/aromatic N) is 2. The second kappa shape index (κ2) is 9.88. The smallest absolute Gasteiger partial charge is 0.329 e. The number of aryl methyl sites for hydroxylation is 2. The van der Waals surface area contributed by atoms with E-state index in [2.05, 4.69) is 10.3 Å². The highest BCUT2D eigenvalue weighted by molar-refractivity contribution is 7.15. The molecular formula is C20H21F6N3O2S. The molecule has 1 N–H and O–H groups in total. The number of hydrogen-bond donors (Lipinski definition) is 1. The summed E-state index contributed by atoms with van der Waals surface area (Å²) < 4.78 is 78.8. The van der Waals surface area contributed by atoms with Gasteiger partial charge < -0.3 is 10.2 Å². The van der Waals surface area contributed by atoms with Crippen LogP contribution < -0.4 is 5.32 Å². The summed E-state index contributed by atoms with van der Waals surface area (Å²) in [4.78, 5) is 31.2.